The van der Waals surface area contributed by atoms with Crippen LogP contribution in [0.2, 0.25) is 0 Å². The van der Waals surface area contributed by atoms with E-state index < -0.39 is 6.10 Å². The van der Waals surface area contributed by atoms with Gasteiger partial charge in [-0.3, -0.25) is 9.59 Å². The van der Waals surface area contributed by atoms with E-state index >= 15 is 0 Å². The fourth-order valence-electron chi connectivity index (χ4n) is 3.28. The maximum Gasteiger partial charge on any atom is 0.252 e. The Bertz CT molecular complexity index is 587. The van der Waals surface area contributed by atoms with Crippen LogP contribution in [0.3, 0.4) is 0 Å². The van der Waals surface area contributed by atoms with Crippen LogP contribution < -0.4 is 10.1 Å². The molecular weight excluding hydrogens is 308 g/mol. The third-order valence-corrected chi connectivity index (χ3v) is 4.50. The van der Waals surface area contributed by atoms with Gasteiger partial charge in [-0.05, 0) is 50.5 Å². The van der Waals surface area contributed by atoms with Gasteiger partial charge in [0.05, 0.1) is 25.7 Å². The highest BCUT2D eigenvalue weighted by atomic mass is 16.5. The van der Waals surface area contributed by atoms with Gasteiger partial charge >= 0.3 is 0 Å². The molecule has 0 aliphatic carbocycles. The number of hydrogen-bond donors (Lipinski definition) is 1. The molecule has 0 aromatic heterocycles. The molecule has 2 saturated heterocycles. The topological polar surface area (TPSA) is 67.9 Å². The van der Waals surface area contributed by atoms with Gasteiger partial charge in [-0.15, -0.1) is 0 Å². The standard InChI is InChI=1S/C18H24N2O4/c1-2-23-15-8-6-13(7-9-15)19-17(21)11-16-18(22)20-10-4-3-5-14(20)12-24-16/h6-9,14,16H,2-5,10-12H2,1H3,(H,19,21)/t14-,16+/m1/s1. The Kier molecular flexibility index (Phi) is 5.35. The molecule has 130 valence electrons. The Hall–Kier alpha value is -2.08. The number of amides is 2. The molecule has 24 heavy (non-hydrogen) atoms. The van der Waals surface area contributed by atoms with E-state index in [1.165, 1.54) is 0 Å². The SMILES string of the molecule is CCOc1ccc(NC(=O)C[C@@H]2OC[C@H]3CCCCN3C2=O)cc1. The lowest BCUT2D eigenvalue weighted by Crippen LogP contribution is -2.56. The molecule has 2 aliphatic rings. The number of carbonyl (C=O) groups excluding carboxylic acids is 2. The van der Waals surface area contributed by atoms with E-state index in [0.717, 1.165) is 31.6 Å². The van der Waals surface area contributed by atoms with Gasteiger partial charge < -0.3 is 19.7 Å². The monoisotopic (exact) mass is 332 g/mol. The lowest BCUT2D eigenvalue weighted by molar-refractivity contribution is -0.163. The minimum atomic E-state index is -0.665. The number of rotatable bonds is 5. The van der Waals surface area contributed by atoms with Gasteiger partial charge in [0.15, 0.2) is 0 Å². The second-order valence-electron chi connectivity index (χ2n) is 6.21. The van der Waals surface area contributed by atoms with Crippen LogP contribution in [0.5, 0.6) is 5.75 Å². The van der Waals surface area contributed by atoms with Crippen LogP contribution in [0.25, 0.3) is 0 Å². The maximum absolute atomic E-state index is 12.5. The molecule has 1 N–H and O–H groups in total. The van der Waals surface area contributed by atoms with Crippen LogP contribution in [-0.2, 0) is 14.3 Å². The van der Waals surface area contributed by atoms with Crippen molar-refractivity contribution in [1.82, 2.24) is 4.90 Å². The number of nitrogens with one attached hydrogen (secondary N) is 1. The fraction of sp³-hybridized carbons (Fsp3) is 0.556. The van der Waals surface area contributed by atoms with E-state index in [-0.39, 0.29) is 24.3 Å². The zero-order valence-electron chi connectivity index (χ0n) is 14.0. The van der Waals surface area contributed by atoms with Crippen molar-refractivity contribution in [2.75, 3.05) is 25.1 Å². The van der Waals surface area contributed by atoms with Crippen LogP contribution in [0, 0.1) is 0 Å². The second-order valence-corrected chi connectivity index (χ2v) is 6.21. The van der Waals surface area contributed by atoms with Crippen molar-refractivity contribution in [3.8, 4) is 5.75 Å². The summed E-state index contributed by atoms with van der Waals surface area (Å²) in [6.45, 7) is 3.84. The van der Waals surface area contributed by atoms with Crippen molar-refractivity contribution >= 4 is 17.5 Å². The van der Waals surface area contributed by atoms with Crippen LogP contribution in [0.1, 0.15) is 32.6 Å². The highest BCUT2D eigenvalue weighted by molar-refractivity contribution is 5.95. The van der Waals surface area contributed by atoms with Crippen molar-refractivity contribution in [3.63, 3.8) is 0 Å². The van der Waals surface area contributed by atoms with Crippen molar-refractivity contribution in [2.24, 2.45) is 0 Å². The van der Waals surface area contributed by atoms with Gasteiger partial charge in [-0.1, -0.05) is 0 Å². The molecule has 2 amide bonds. The molecule has 1 aromatic rings. The predicted octanol–water partition coefficient (Wildman–Crippen LogP) is 2.19. The quantitative estimate of drug-likeness (QED) is 0.897. The number of nitrogens with zero attached hydrogens (tertiary/aromatic N) is 1. The first-order valence-corrected chi connectivity index (χ1v) is 8.62. The molecule has 3 rings (SSSR count). The number of ether oxygens (including phenoxy) is 2. The van der Waals surface area contributed by atoms with Gasteiger partial charge in [0.25, 0.3) is 5.91 Å². The molecule has 2 fully saturated rings. The summed E-state index contributed by atoms with van der Waals surface area (Å²) in [6.07, 6.45) is 2.56. The van der Waals surface area contributed by atoms with Crippen LogP contribution in [-0.4, -0.2) is 48.6 Å². The number of morpholine rings is 1. The summed E-state index contributed by atoms with van der Waals surface area (Å²) in [5.41, 5.74) is 0.683. The third kappa shape index (κ3) is 3.87. The number of fused-ring (bicyclic) bond motifs is 1. The van der Waals surface area contributed by atoms with Crippen molar-refractivity contribution in [3.05, 3.63) is 24.3 Å². The smallest absolute Gasteiger partial charge is 0.252 e. The summed E-state index contributed by atoms with van der Waals surface area (Å²) >= 11 is 0. The Morgan fingerprint density at radius 1 is 1.33 bits per heavy atom. The summed E-state index contributed by atoms with van der Waals surface area (Å²) in [5.74, 6) is 0.498. The maximum atomic E-state index is 12.5. The zero-order valence-corrected chi connectivity index (χ0v) is 14.0. The van der Waals surface area contributed by atoms with Crippen LogP contribution in [0.15, 0.2) is 24.3 Å². The van der Waals surface area contributed by atoms with E-state index in [1.807, 2.05) is 11.8 Å². The van der Waals surface area contributed by atoms with E-state index in [9.17, 15) is 9.59 Å². The van der Waals surface area contributed by atoms with Gasteiger partial charge in [-0.25, -0.2) is 0 Å². The molecule has 6 nitrogen and oxygen atoms in total. The minimum absolute atomic E-state index is 0.0483. The first kappa shape index (κ1) is 16.8. The highest BCUT2D eigenvalue weighted by Gasteiger charge is 2.38. The number of carbonyl (C=O) groups is 2. The zero-order chi connectivity index (χ0) is 16.9. The molecule has 6 heteroatoms. The van der Waals surface area contributed by atoms with Gasteiger partial charge in [0, 0.05) is 12.2 Å². The number of piperidine rings is 1. The third-order valence-electron chi connectivity index (χ3n) is 4.50. The molecule has 0 radical (unpaired) electrons. The predicted molar refractivity (Wildman–Crippen MR) is 89.9 cm³/mol. The van der Waals surface area contributed by atoms with Crippen molar-refractivity contribution < 1.29 is 19.1 Å². The first-order chi connectivity index (χ1) is 11.7. The Morgan fingerprint density at radius 3 is 2.88 bits per heavy atom. The minimum Gasteiger partial charge on any atom is -0.494 e. The molecule has 0 saturated carbocycles. The van der Waals surface area contributed by atoms with Crippen LogP contribution in [0.4, 0.5) is 5.69 Å². The lowest BCUT2D eigenvalue weighted by atomic mass is 9.99. The number of benzene rings is 1. The Morgan fingerprint density at radius 2 is 2.12 bits per heavy atom. The molecule has 2 heterocycles. The van der Waals surface area contributed by atoms with E-state index in [1.54, 1.807) is 24.3 Å². The fourth-order valence-corrected chi connectivity index (χ4v) is 3.28. The van der Waals surface area contributed by atoms with Gasteiger partial charge in [-0.2, -0.15) is 0 Å². The van der Waals surface area contributed by atoms with Gasteiger partial charge in [0.2, 0.25) is 5.91 Å². The lowest BCUT2D eigenvalue weighted by Gasteiger charge is -2.41. The summed E-state index contributed by atoms with van der Waals surface area (Å²) in [4.78, 5) is 26.6. The largest absolute Gasteiger partial charge is 0.494 e. The molecule has 0 bridgehead atoms. The van der Waals surface area contributed by atoms with Crippen LogP contribution >= 0.6 is 0 Å². The molecule has 0 unspecified atom stereocenters. The van der Waals surface area contributed by atoms with E-state index in [4.69, 9.17) is 9.47 Å². The summed E-state index contributed by atoms with van der Waals surface area (Å²) in [7, 11) is 0. The summed E-state index contributed by atoms with van der Waals surface area (Å²) in [6, 6.07) is 7.37. The molecule has 2 aliphatic heterocycles. The summed E-state index contributed by atoms with van der Waals surface area (Å²) < 4.78 is 11.0. The summed E-state index contributed by atoms with van der Waals surface area (Å²) in [5, 5.41) is 2.81. The average Bonchev–Trinajstić information content (AvgIpc) is 2.60. The molecule has 0 spiro atoms. The first-order valence-electron chi connectivity index (χ1n) is 8.62. The normalized spacial score (nSPS) is 23.5. The van der Waals surface area contributed by atoms with Gasteiger partial charge in [0.1, 0.15) is 11.9 Å². The average molecular weight is 332 g/mol. The van der Waals surface area contributed by atoms with E-state index in [2.05, 4.69) is 5.32 Å². The second kappa shape index (κ2) is 7.66. The van der Waals surface area contributed by atoms with E-state index in [0.29, 0.717) is 18.9 Å². The molecule has 2 atom stereocenters. The Labute approximate surface area is 142 Å². The molecular formula is C18H24N2O4. The highest BCUT2D eigenvalue weighted by Crippen LogP contribution is 2.24. The van der Waals surface area contributed by atoms with Crippen molar-refractivity contribution in [2.45, 2.75) is 44.8 Å². The van der Waals surface area contributed by atoms with Crippen molar-refractivity contribution in [1.29, 1.82) is 0 Å². The number of anilines is 1. The Balaban J connectivity index is 1.53. The molecule has 1 aromatic carbocycles. The number of hydrogen-bond acceptors (Lipinski definition) is 4.